The molecule has 8 nitrogen and oxygen atoms in total. The van der Waals surface area contributed by atoms with Crippen LogP contribution in [0.5, 0.6) is 0 Å². The van der Waals surface area contributed by atoms with Gasteiger partial charge in [-0.1, -0.05) is 6.07 Å². The van der Waals surface area contributed by atoms with Gasteiger partial charge in [0.15, 0.2) is 0 Å². The Morgan fingerprint density at radius 2 is 1.97 bits per heavy atom. The minimum absolute atomic E-state index is 0.00210. The Bertz CT molecular complexity index is 1020. The number of anilines is 1. The SMILES string of the molecule is CN([C@@H]1CCCN(Cc2ccnc(N3CCOCC3)n2)CC1)S(=O)(=O)c1cccc(F)c1. The second kappa shape index (κ2) is 10.2. The molecule has 4 rings (SSSR count). The third kappa shape index (κ3) is 5.43. The highest BCUT2D eigenvalue weighted by molar-refractivity contribution is 7.89. The molecule has 10 heteroatoms. The molecule has 2 fully saturated rings. The zero-order valence-electron chi connectivity index (χ0n) is 18.4. The Morgan fingerprint density at radius 1 is 1.16 bits per heavy atom. The van der Waals surface area contributed by atoms with Crippen molar-refractivity contribution >= 4 is 16.0 Å². The Morgan fingerprint density at radius 3 is 2.75 bits per heavy atom. The highest BCUT2D eigenvalue weighted by atomic mass is 32.2. The van der Waals surface area contributed by atoms with E-state index in [0.717, 1.165) is 56.7 Å². The van der Waals surface area contributed by atoms with Gasteiger partial charge < -0.3 is 9.64 Å². The minimum Gasteiger partial charge on any atom is -0.378 e. The van der Waals surface area contributed by atoms with Crippen LogP contribution < -0.4 is 4.90 Å². The van der Waals surface area contributed by atoms with E-state index in [9.17, 15) is 12.8 Å². The van der Waals surface area contributed by atoms with E-state index >= 15 is 0 Å². The van der Waals surface area contributed by atoms with E-state index in [2.05, 4.69) is 14.8 Å². The van der Waals surface area contributed by atoms with E-state index in [1.807, 2.05) is 6.07 Å². The van der Waals surface area contributed by atoms with Gasteiger partial charge >= 0.3 is 0 Å². The van der Waals surface area contributed by atoms with Crippen LogP contribution in [0, 0.1) is 5.82 Å². The summed E-state index contributed by atoms with van der Waals surface area (Å²) in [5.41, 5.74) is 0.959. The van der Waals surface area contributed by atoms with Gasteiger partial charge in [0.05, 0.1) is 23.8 Å². The third-order valence-corrected chi connectivity index (χ3v) is 8.06. The summed E-state index contributed by atoms with van der Waals surface area (Å²) >= 11 is 0. The van der Waals surface area contributed by atoms with Crippen molar-refractivity contribution in [3.8, 4) is 0 Å². The van der Waals surface area contributed by atoms with Crippen molar-refractivity contribution in [1.82, 2.24) is 19.2 Å². The molecular weight excluding hydrogens is 433 g/mol. The Balaban J connectivity index is 1.38. The third-order valence-electron chi connectivity index (χ3n) is 6.16. The molecule has 0 radical (unpaired) electrons. The lowest BCUT2D eigenvalue weighted by atomic mass is 10.1. The summed E-state index contributed by atoms with van der Waals surface area (Å²) < 4.78 is 46.3. The number of morpholine rings is 1. The van der Waals surface area contributed by atoms with Gasteiger partial charge in [-0.3, -0.25) is 4.90 Å². The van der Waals surface area contributed by atoms with Gasteiger partial charge in [0.25, 0.3) is 0 Å². The summed E-state index contributed by atoms with van der Waals surface area (Å²) in [6.07, 6.45) is 4.17. The highest BCUT2D eigenvalue weighted by Gasteiger charge is 2.30. The zero-order valence-corrected chi connectivity index (χ0v) is 19.2. The van der Waals surface area contributed by atoms with Crippen LogP contribution in [0.1, 0.15) is 25.0 Å². The number of benzene rings is 1. The first-order valence-electron chi connectivity index (χ1n) is 11.0. The maximum Gasteiger partial charge on any atom is 0.243 e. The number of likely N-dealkylation sites (tertiary alicyclic amines) is 1. The number of hydrogen-bond donors (Lipinski definition) is 0. The van der Waals surface area contributed by atoms with Gasteiger partial charge in [-0.25, -0.2) is 22.8 Å². The predicted molar refractivity (Wildman–Crippen MR) is 119 cm³/mol. The number of rotatable bonds is 6. The van der Waals surface area contributed by atoms with Crippen molar-refractivity contribution in [1.29, 1.82) is 0 Å². The molecule has 1 atom stereocenters. The van der Waals surface area contributed by atoms with E-state index in [0.29, 0.717) is 26.2 Å². The minimum atomic E-state index is -3.73. The van der Waals surface area contributed by atoms with Crippen LogP contribution in [0.4, 0.5) is 10.3 Å². The van der Waals surface area contributed by atoms with Crippen LogP contribution in [-0.4, -0.2) is 80.1 Å². The lowest BCUT2D eigenvalue weighted by Crippen LogP contribution is -2.38. The summed E-state index contributed by atoms with van der Waals surface area (Å²) in [5.74, 6) is 0.187. The van der Waals surface area contributed by atoms with E-state index in [1.54, 1.807) is 13.2 Å². The summed E-state index contributed by atoms with van der Waals surface area (Å²) in [6.45, 7) is 5.31. The normalized spacial score (nSPS) is 21.0. The van der Waals surface area contributed by atoms with Crippen LogP contribution in [0.25, 0.3) is 0 Å². The molecule has 2 aliphatic heterocycles. The molecule has 174 valence electrons. The van der Waals surface area contributed by atoms with Crippen LogP contribution in [0.2, 0.25) is 0 Å². The average Bonchev–Trinajstić information content (AvgIpc) is 3.05. The fourth-order valence-corrected chi connectivity index (χ4v) is 5.72. The molecule has 2 saturated heterocycles. The molecule has 2 aliphatic rings. The monoisotopic (exact) mass is 463 g/mol. The van der Waals surface area contributed by atoms with E-state index in [4.69, 9.17) is 9.72 Å². The molecule has 0 N–H and O–H groups in total. The molecule has 0 spiro atoms. The molecule has 32 heavy (non-hydrogen) atoms. The molecule has 0 bridgehead atoms. The quantitative estimate of drug-likeness (QED) is 0.649. The average molecular weight is 464 g/mol. The van der Waals surface area contributed by atoms with Gasteiger partial charge in [0, 0.05) is 45.5 Å². The van der Waals surface area contributed by atoms with Crippen molar-refractivity contribution in [3.05, 3.63) is 48.0 Å². The number of aromatic nitrogens is 2. The lowest BCUT2D eigenvalue weighted by molar-refractivity contribution is 0.122. The first-order chi connectivity index (χ1) is 15.4. The van der Waals surface area contributed by atoms with Crippen molar-refractivity contribution < 1.29 is 17.5 Å². The summed E-state index contributed by atoms with van der Waals surface area (Å²) in [5, 5.41) is 0. The number of halogens is 1. The van der Waals surface area contributed by atoms with Crippen LogP contribution in [-0.2, 0) is 21.3 Å². The molecule has 0 aliphatic carbocycles. The van der Waals surface area contributed by atoms with Gasteiger partial charge in [0.1, 0.15) is 5.82 Å². The first kappa shape index (κ1) is 23.0. The number of hydrogen-bond acceptors (Lipinski definition) is 7. The Hall–Kier alpha value is -2.14. The van der Waals surface area contributed by atoms with Crippen molar-refractivity contribution in [2.24, 2.45) is 0 Å². The van der Waals surface area contributed by atoms with Crippen molar-refractivity contribution in [3.63, 3.8) is 0 Å². The van der Waals surface area contributed by atoms with Crippen LogP contribution in [0.3, 0.4) is 0 Å². The van der Waals surface area contributed by atoms with E-state index < -0.39 is 15.8 Å². The molecular formula is C22H30FN5O3S. The standard InChI is InChI=1S/C22H30FN5O3S/c1-26(32(29,30)21-6-2-4-18(23)16-21)20-5-3-10-27(11-8-20)17-19-7-9-24-22(25-19)28-12-14-31-15-13-28/h2,4,6-7,9,16,20H,3,5,8,10-15,17H2,1H3/t20-/m1/s1. The van der Waals surface area contributed by atoms with Gasteiger partial charge in [-0.15, -0.1) is 0 Å². The number of nitrogens with zero attached hydrogens (tertiary/aromatic N) is 5. The fourth-order valence-electron chi connectivity index (χ4n) is 4.27. The Labute approximate surface area is 189 Å². The predicted octanol–water partition coefficient (Wildman–Crippen LogP) is 2.13. The fraction of sp³-hybridized carbons (Fsp3) is 0.545. The molecule has 2 aromatic rings. The molecule has 3 heterocycles. The Kier molecular flexibility index (Phi) is 7.34. The zero-order chi connectivity index (χ0) is 22.6. The first-order valence-corrected chi connectivity index (χ1v) is 12.5. The topological polar surface area (TPSA) is 78.9 Å². The van der Waals surface area contributed by atoms with Crippen molar-refractivity contribution in [2.45, 2.75) is 36.7 Å². The molecule has 1 aromatic heterocycles. The van der Waals surface area contributed by atoms with Gasteiger partial charge in [-0.05, 0) is 50.1 Å². The number of ether oxygens (including phenoxy) is 1. The maximum atomic E-state index is 13.6. The summed E-state index contributed by atoms with van der Waals surface area (Å²) in [4.78, 5) is 13.6. The second-order valence-electron chi connectivity index (χ2n) is 8.29. The second-order valence-corrected chi connectivity index (χ2v) is 10.3. The largest absolute Gasteiger partial charge is 0.378 e. The smallest absolute Gasteiger partial charge is 0.243 e. The van der Waals surface area contributed by atoms with Crippen LogP contribution >= 0.6 is 0 Å². The summed E-state index contributed by atoms with van der Waals surface area (Å²) in [6, 6.07) is 7.02. The van der Waals surface area contributed by atoms with Gasteiger partial charge in [-0.2, -0.15) is 4.31 Å². The molecule has 1 aromatic carbocycles. The van der Waals surface area contributed by atoms with Crippen molar-refractivity contribution in [2.75, 3.05) is 51.3 Å². The lowest BCUT2D eigenvalue weighted by Gasteiger charge is -2.27. The summed E-state index contributed by atoms with van der Waals surface area (Å²) in [7, 11) is -2.14. The molecule has 0 amide bonds. The maximum absolute atomic E-state index is 13.6. The number of sulfonamides is 1. The van der Waals surface area contributed by atoms with E-state index in [1.165, 1.54) is 22.5 Å². The molecule has 0 saturated carbocycles. The van der Waals surface area contributed by atoms with Crippen LogP contribution in [0.15, 0.2) is 41.4 Å². The van der Waals surface area contributed by atoms with Gasteiger partial charge in [0.2, 0.25) is 16.0 Å². The highest BCUT2D eigenvalue weighted by Crippen LogP contribution is 2.24. The van der Waals surface area contributed by atoms with E-state index in [-0.39, 0.29) is 10.9 Å². The molecule has 0 unspecified atom stereocenters.